The molecule has 1 aromatic heterocycles. The van der Waals surface area contributed by atoms with Gasteiger partial charge in [0.05, 0.1) is 10.9 Å². The largest absolute Gasteiger partial charge is 0.324 e. The van der Waals surface area contributed by atoms with Crippen LogP contribution in [0.3, 0.4) is 0 Å². The Morgan fingerprint density at radius 3 is 3.05 bits per heavy atom. The maximum atomic E-state index is 12.1. The minimum atomic E-state index is -0.276. The lowest BCUT2D eigenvalue weighted by Gasteiger charge is -2.21. The standard InChI is InChI=1S/C12H10N4O2S2/c1-6-10(17)14-8-4-7(2-3-9(8)20-6)11(18)15-12-16-13-5-19-12/h2-6H,1H3,(H,14,17)(H,15,16,18)/t6-/m0/s1. The van der Waals surface area contributed by atoms with E-state index in [1.165, 1.54) is 23.1 Å². The van der Waals surface area contributed by atoms with Gasteiger partial charge in [0.2, 0.25) is 11.0 Å². The van der Waals surface area contributed by atoms with Crippen LogP contribution in [0, 0.1) is 0 Å². The number of nitrogens with one attached hydrogen (secondary N) is 2. The monoisotopic (exact) mass is 306 g/mol. The van der Waals surface area contributed by atoms with Crippen LogP contribution in [0.1, 0.15) is 17.3 Å². The van der Waals surface area contributed by atoms with Gasteiger partial charge in [-0.1, -0.05) is 11.3 Å². The Kier molecular flexibility index (Phi) is 3.41. The van der Waals surface area contributed by atoms with E-state index >= 15 is 0 Å². The van der Waals surface area contributed by atoms with Gasteiger partial charge in [-0.25, -0.2) is 0 Å². The Bertz CT molecular complexity index is 672. The minimum absolute atomic E-state index is 0.0517. The quantitative estimate of drug-likeness (QED) is 0.889. The van der Waals surface area contributed by atoms with Crippen molar-refractivity contribution < 1.29 is 9.59 Å². The number of aromatic nitrogens is 2. The highest BCUT2D eigenvalue weighted by atomic mass is 32.2. The fraction of sp³-hybridized carbons (Fsp3) is 0.167. The number of hydrogen-bond acceptors (Lipinski definition) is 6. The fourth-order valence-electron chi connectivity index (χ4n) is 1.75. The average molecular weight is 306 g/mol. The third-order valence-corrected chi connectivity index (χ3v) is 4.54. The molecule has 1 aliphatic rings. The first-order chi connectivity index (χ1) is 9.63. The van der Waals surface area contributed by atoms with Crippen molar-refractivity contribution in [1.82, 2.24) is 10.2 Å². The van der Waals surface area contributed by atoms with E-state index in [-0.39, 0.29) is 17.1 Å². The van der Waals surface area contributed by atoms with E-state index in [4.69, 9.17) is 0 Å². The van der Waals surface area contributed by atoms with Crippen LogP contribution in [0.25, 0.3) is 0 Å². The van der Waals surface area contributed by atoms with Gasteiger partial charge in [-0.15, -0.1) is 22.0 Å². The molecule has 6 nitrogen and oxygen atoms in total. The molecule has 2 aromatic rings. The smallest absolute Gasteiger partial charge is 0.257 e. The fourth-order valence-corrected chi connectivity index (χ4v) is 3.12. The van der Waals surface area contributed by atoms with E-state index < -0.39 is 0 Å². The number of anilines is 2. The number of nitrogens with zero attached hydrogens (tertiary/aromatic N) is 2. The maximum absolute atomic E-state index is 12.1. The number of thioether (sulfide) groups is 1. The predicted octanol–water partition coefficient (Wildman–Crippen LogP) is 2.22. The van der Waals surface area contributed by atoms with E-state index in [0.29, 0.717) is 16.4 Å². The third kappa shape index (κ3) is 2.52. The molecule has 0 fully saturated rings. The van der Waals surface area contributed by atoms with Crippen molar-refractivity contribution in [3.8, 4) is 0 Å². The summed E-state index contributed by atoms with van der Waals surface area (Å²) in [5.74, 6) is -0.327. The van der Waals surface area contributed by atoms with Gasteiger partial charge in [0.25, 0.3) is 5.91 Å². The molecule has 0 saturated heterocycles. The van der Waals surface area contributed by atoms with Gasteiger partial charge in [-0.3, -0.25) is 14.9 Å². The van der Waals surface area contributed by atoms with E-state index in [1.807, 2.05) is 13.0 Å². The van der Waals surface area contributed by atoms with Crippen molar-refractivity contribution in [2.45, 2.75) is 17.1 Å². The molecular weight excluding hydrogens is 296 g/mol. The molecule has 2 N–H and O–H groups in total. The summed E-state index contributed by atoms with van der Waals surface area (Å²) in [5, 5.41) is 13.2. The predicted molar refractivity (Wildman–Crippen MR) is 78.3 cm³/mol. The van der Waals surface area contributed by atoms with Crippen LogP contribution in [0.2, 0.25) is 0 Å². The van der Waals surface area contributed by atoms with Crippen LogP contribution in [0.4, 0.5) is 10.8 Å². The van der Waals surface area contributed by atoms with Gasteiger partial charge in [0.1, 0.15) is 5.51 Å². The number of carbonyl (C=O) groups is 2. The minimum Gasteiger partial charge on any atom is -0.324 e. The van der Waals surface area contributed by atoms with Crippen molar-refractivity contribution in [2.24, 2.45) is 0 Å². The highest BCUT2D eigenvalue weighted by molar-refractivity contribution is 8.00. The molecule has 0 saturated carbocycles. The van der Waals surface area contributed by atoms with Crippen LogP contribution >= 0.6 is 23.1 Å². The molecule has 1 atom stereocenters. The van der Waals surface area contributed by atoms with Gasteiger partial charge in [-0.05, 0) is 25.1 Å². The van der Waals surface area contributed by atoms with Gasteiger partial charge < -0.3 is 5.32 Å². The second-order valence-electron chi connectivity index (χ2n) is 4.16. The van der Waals surface area contributed by atoms with Crippen LogP contribution < -0.4 is 10.6 Å². The molecule has 2 heterocycles. The molecule has 102 valence electrons. The molecule has 0 radical (unpaired) electrons. The summed E-state index contributed by atoms with van der Waals surface area (Å²) >= 11 is 2.73. The number of benzene rings is 1. The SMILES string of the molecule is C[C@@H]1Sc2ccc(C(=O)Nc3nncs3)cc2NC1=O. The van der Waals surface area contributed by atoms with Gasteiger partial charge in [0.15, 0.2) is 0 Å². The molecule has 0 aliphatic carbocycles. The topological polar surface area (TPSA) is 84.0 Å². The zero-order valence-electron chi connectivity index (χ0n) is 10.4. The van der Waals surface area contributed by atoms with E-state index in [9.17, 15) is 9.59 Å². The molecule has 2 amide bonds. The van der Waals surface area contributed by atoms with Gasteiger partial charge >= 0.3 is 0 Å². The first-order valence-electron chi connectivity index (χ1n) is 5.82. The lowest BCUT2D eigenvalue weighted by Crippen LogP contribution is -2.26. The van der Waals surface area contributed by atoms with Crippen LogP contribution in [0.15, 0.2) is 28.6 Å². The highest BCUT2D eigenvalue weighted by Crippen LogP contribution is 2.36. The van der Waals surface area contributed by atoms with Crippen molar-refractivity contribution >= 4 is 45.7 Å². The first-order valence-corrected chi connectivity index (χ1v) is 7.58. The Labute approximate surface area is 123 Å². The average Bonchev–Trinajstić information content (AvgIpc) is 2.92. The number of fused-ring (bicyclic) bond motifs is 1. The van der Waals surface area contributed by atoms with Crippen molar-refractivity contribution in [3.05, 3.63) is 29.3 Å². The summed E-state index contributed by atoms with van der Waals surface area (Å²) in [4.78, 5) is 24.7. The van der Waals surface area contributed by atoms with Crippen LogP contribution in [-0.2, 0) is 4.79 Å². The second-order valence-corrected chi connectivity index (χ2v) is 6.37. The number of hydrogen-bond donors (Lipinski definition) is 2. The molecule has 0 unspecified atom stereocenters. The van der Waals surface area contributed by atoms with Crippen LogP contribution in [0.5, 0.6) is 0 Å². The highest BCUT2D eigenvalue weighted by Gasteiger charge is 2.23. The summed E-state index contributed by atoms with van der Waals surface area (Å²) in [6, 6.07) is 5.24. The van der Waals surface area contributed by atoms with Gasteiger partial charge in [0, 0.05) is 10.5 Å². The zero-order chi connectivity index (χ0) is 14.1. The summed E-state index contributed by atoms with van der Waals surface area (Å²) in [6.45, 7) is 1.85. The summed E-state index contributed by atoms with van der Waals surface area (Å²) in [6.07, 6.45) is 0. The molecule has 3 rings (SSSR count). The summed E-state index contributed by atoms with van der Waals surface area (Å²) in [7, 11) is 0. The Hall–Kier alpha value is -1.93. The Morgan fingerprint density at radius 2 is 2.30 bits per heavy atom. The summed E-state index contributed by atoms with van der Waals surface area (Å²) in [5.41, 5.74) is 2.68. The maximum Gasteiger partial charge on any atom is 0.257 e. The zero-order valence-corrected chi connectivity index (χ0v) is 12.0. The molecule has 1 aromatic carbocycles. The first kappa shape index (κ1) is 13.1. The van der Waals surface area contributed by atoms with Crippen molar-refractivity contribution in [2.75, 3.05) is 10.6 Å². The number of rotatable bonds is 2. The Balaban J connectivity index is 1.83. The number of carbonyl (C=O) groups excluding carboxylic acids is 2. The normalized spacial score (nSPS) is 17.2. The molecule has 20 heavy (non-hydrogen) atoms. The van der Waals surface area contributed by atoms with Gasteiger partial charge in [-0.2, -0.15) is 0 Å². The molecule has 8 heteroatoms. The van der Waals surface area contributed by atoms with E-state index in [0.717, 1.165) is 4.90 Å². The lowest BCUT2D eigenvalue weighted by atomic mass is 10.2. The second kappa shape index (κ2) is 5.22. The Morgan fingerprint density at radius 1 is 1.45 bits per heavy atom. The molecule has 1 aliphatic heterocycles. The summed E-state index contributed by atoms with van der Waals surface area (Å²) < 4.78 is 0. The van der Waals surface area contributed by atoms with Crippen molar-refractivity contribution in [3.63, 3.8) is 0 Å². The molecule has 0 spiro atoms. The van der Waals surface area contributed by atoms with Crippen LogP contribution in [-0.4, -0.2) is 27.3 Å². The van der Waals surface area contributed by atoms with Crippen molar-refractivity contribution in [1.29, 1.82) is 0 Å². The van der Waals surface area contributed by atoms with E-state index in [2.05, 4.69) is 20.8 Å². The number of amides is 2. The molecule has 0 bridgehead atoms. The molecular formula is C12H10N4O2S2. The third-order valence-electron chi connectivity index (χ3n) is 2.75. The lowest BCUT2D eigenvalue weighted by molar-refractivity contribution is -0.115. The van der Waals surface area contributed by atoms with E-state index in [1.54, 1.807) is 17.6 Å².